The molecule has 3 rings (SSSR count). The number of hydrogen-bond donors (Lipinski definition) is 0. The summed E-state index contributed by atoms with van der Waals surface area (Å²) in [6.45, 7) is 3.82. The number of thiazole rings is 1. The maximum absolute atomic E-state index is 5.91. The second kappa shape index (κ2) is 7.67. The summed E-state index contributed by atoms with van der Waals surface area (Å²) in [5, 5.41) is 1.21. The van der Waals surface area contributed by atoms with Crippen LogP contribution in [0.25, 0.3) is 0 Å². The van der Waals surface area contributed by atoms with Crippen molar-refractivity contribution < 1.29 is 4.74 Å². The maximum atomic E-state index is 5.91. The van der Waals surface area contributed by atoms with Gasteiger partial charge >= 0.3 is 0 Å². The molecular formula is C16H19IN2OS. The lowest BCUT2D eigenvalue weighted by Gasteiger charge is -2.32. The Morgan fingerprint density at radius 3 is 2.95 bits per heavy atom. The van der Waals surface area contributed by atoms with Crippen molar-refractivity contribution >= 4 is 33.9 Å². The number of rotatable bonds is 5. The molecule has 112 valence electrons. The molecule has 2 heterocycles. The van der Waals surface area contributed by atoms with Crippen LogP contribution in [-0.2, 0) is 17.7 Å². The zero-order valence-electron chi connectivity index (χ0n) is 11.9. The highest BCUT2D eigenvalue weighted by Gasteiger charge is 2.21. The van der Waals surface area contributed by atoms with Crippen LogP contribution in [0.5, 0.6) is 0 Å². The van der Waals surface area contributed by atoms with Crippen molar-refractivity contribution in [1.29, 1.82) is 0 Å². The lowest BCUT2D eigenvalue weighted by molar-refractivity contribution is -0.0345. The van der Waals surface area contributed by atoms with Crippen LogP contribution in [0.3, 0.4) is 0 Å². The van der Waals surface area contributed by atoms with Gasteiger partial charge in [0, 0.05) is 13.1 Å². The highest BCUT2D eigenvalue weighted by molar-refractivity contribution is 14.1. The van der Waals surface area contributed by atoms with E-state index in [1.54, 1.807) is 11.3 Å². The van der Waals surface area contributed by atoms with E-state index in [0.717, 1.165) is 39.1 Å². The van der Waals surface area contributed by atoms with Crippen LogP contribution in [0, 0.1) is 2.88 Å². The van der Waals surface area contributed by atoms with E-state index >= 15 is 0 Å². The van der Waals surface area contributed by atoms with Gasteiger partial charge in [-0.1, -0.05) is 30.3 Å². The first-order valence-corrected chi connectivity index (χ1v) is 9.17. The van der Waals surface area contributed by atoms with E-state index in [1.807, 2.05) is 6.20 Å². The SMILES string of the molecule is Ic1cnc(CN2CCO[C@@H](CCc3ccccc3)C2)s1. The minimum atomic E-state index is 0.345. The Labute approximate surface area is 143 Å². The number of morpholine rings is 1. The Kier molecular flexibility index (Phi) is 5.62. The van der Waals surface area contributed by atoms with E-state index in [1.165, 1.54) is 13.5 Å². The molecule has 0 amide bonds. The predicted octanol–water partition coefficient (Wildman–Crippen LogP) is 3.58. The highest BCUT2D eigenvalue weighted by atomic mass is 127. The van der Waals surface area contributed by atoms with Gasteiger partial charge in [-0.2, -0.15) is 0 Å². The molecule has 2 aromatic rings. The molecule has 1 aliphatic heterocycles. The maximum Gasteiger partial charge on any atom is 0.108 e. The smallest absolute Gasteiger partial charge is 0.108 e. The van der Waals surface area contributed by atoms with Gasteiger partial charge in [0.25, 0.3) is 0 Å². The van der Waals surface area contributed by atoms with E-state index in [-0.39, 0.29) is 0 Å². The van der Waals surface area contributed by atoms with Crippen LogP contribution < -0.4 is 0 Å². The number of hydrogen-bond acceptors (Lipinski definition) is 4. The Bertz CT molecular complexity index is 560. The van der Waals surface area contributed by atoms with Crippen LogP contribution in [0.1, 0.15) is 17.0 Å². The lowest BCUT2D eigenvalue weighted by Crippen LogP contribution is -2.42. The molecule has 0 unspecified atom stereocenters. The van der Waals surface area contributed by atoms with E-state index in [9.17, 15) is 0 Å². The van der Waals surface area contributed by atoms with E-state index in [4.69, 9.17) is 4.74 Å². The van der Waals surface area contributed by atoms with Crippen molar-refractivity contribution in [1.82, 2.24) is 9.88 Å². The Balaban J connectivity index is 1.49. The lowest BCUT2D eigenvalue weighted by atomic mass is 10.1. The molecule has 0 N–H and O–H groups in total. The van der Waals surface area contributed by atoms with Gasteiger partial charge in [0.05, 0.1) is 28.3 Å². The Morgan fingerprint density at radius 1 is 1.33 bits per heavy atom. The molecule has 3 nitrogen and oxygen atoms in total. The third-order valence-corrected chi connectivity index (χ3v) is 5.41. The van der Waals surface area contributed by atoms with E-state index in [2.05, 4.69) is 62.8 Å². The number of aryl methyl sites for hydroxylation is 1. The van der Waals surface area contributed by atoms with Gasteiger partial charge in [0.1, 0.15) is 5.01 Å². The average Bonchev–Trinajstić information content (AvgIpc) is 2.92. The Hall–Kier alpha value is -0.500. The molecule has 0 spiro atoms. The van der Waals surface area contributed by atoms with Crippen LogP contribution in [-0.4, -0.2) is 35.7 Å². The molecule has 21 heavy (non-hydrogen) atoms. The first-order valence-electron chi connectivity index (χ1n) is 7.28. The molecule has 0 bridgehead atoms. The molecule has 1 saturated heterocycles. The Morgan fingerprint density at radius 2 is 2.19 bits per heavy atom. The topological polar surface area (TPSA) is 25.4 Å². The number of halogens is 1. The van der Waals surface area contributed by atoms with Crippen molar-refractivity contribution in [2.75, 3.05) is 19.7 Å². The first kappa shape index (κ1) is 15.4. The molecule has 1 aromatic carbocycles. The summed E-state index contributed by atoms with van der Waals surface area (Å²) in [4.78, 5) is 6.92. The molecule has 0 saturated carbocycles. The van der Waals surface area contributed by atoms with Crippen molar-refractivity contribution in [2.24, 2.45) is 0 Å². The molecular weight excluding hydrogens is 395 g/mol. The monoisotopic (exact) mass is 414 g/mol. The number of benzene rings is 1. The fourth-order valence-electron chi connectivity index (χ4n) is 2.62. The minimum Gasteiger partial charge on any atom is -0.376 e. The molecule has 1 fully saturated rings. The fourth-order valence-corrected chi connectivity index (χ4v) is 4.21. The van der Waals surface area contributed by atoms with Gasteiger partial charge in [-0.15, -0.1) is 11.3 Å². The highest BCUT2D eigenvalue weighted by Crippen LogP contribution is 2.19. The number of ether oxygens (including phenoxy) is 1. The van der Waals surface area contributed by atoms with Crippen molar-refractivity contribution in [3.8, 4) is 0 Å². The standard InChI is InChI=1S/C16H19IN2OS/c17-15-10-18-16(21-15)12-19-8-9-20-14(11-19)7-6-13-4-2-1-3-5-13/h1-5,10,14H,6-9,11-12H2/t14-/m0/s1. The van der Waals surface area contributed by atoms with E-state index in [0.29, 0.717) is 6.10 Å². The number of nitrogens with zero attached hydrogens (tertiary/aromatic N) is 2. The molecule has 1 aliphatic rings. The summed E-state index contributed by atoms with van der Waals surface area (Å²) < 4.78 is 7.17. The van der Waals surface area contributed by atoms with Gasteiger partial charge in [0.15, 0.2) is 0 Å². The molecule has 0 radical (unpaired) electrons. The minimum absolute atomic E-state index is 0.345. The third-order valence-electron chi connectivity index (χ3n) is 3.70. The predicted molar refractivity (Wildman–Crippen MR) is 94.6 cm³/mol. The van der Waals surface area contributed by atoms with Crippen LogP contribution >= 0.6 is 33.9 Å². The zero-order valence-corrected chi connectivity index (χ0v) is 14.8. The summed E-state index contributed by atoms with van der Waals surface area (Å²) >= 11 is 4.12. The van der Waals surface area contributed by atoms with Gasteiger partial charge in [-0.3, -0.25) is 4.90 Å². The summed E-state index contributed by atoms with van der Waals surface area (Å²) in [6, 6.07) is 10.7. The first-order chi connectivity index (χ1) is 10.3. The van der Waals surface area contributed by atoms with Crippen LogP contribution in [0.4, 0.5) is 0 Å². The third kappa shape index (κ3) is 4.74. The summed E-state index contributed by atoms with van der Waals surface area (Å²) in [5.74, 6) is 0. The van der Waals surface area contributed by atoms with Crippen molar-refractivity contribution in [2.45, 2.75) is 25.5 Å². The second-order valence-corrected chi connectivity index (χ2v) is 8.32. The molecule has 5 heteroatoms. The number of aromatic nitrogens is 1. The quantitative estimate of drug-likeness (QED) is 0.700. The molecule has 1 aromatic heterocycles. The second-order valence-electron chi connectivity index (χ2n) is 5.31. The summed E-state index contributed by atoms with van der Waals surface area (Å²) in [7, 11) is 0. The fraction of sp³-hybridized carbons (Fsp3) is 0.438. The van der Waals surface area contributed by atoms with Crippen molar-refractivity contribution in [3.05, 3.63) is 50.0 Å². The largest absolute Gasteiger partial charge is 0.376 e. The van der Waals surface area contributed by atoms with E-state index < -0.39 is 0 Å². The van der Waals surface area contributed by atoms with Crippen molar-refractivity contribution in [3.63, 3.8) is 0 Å². The van der Waals surface area contributed by atoms with Crippen LogP contribution in [0.2, 0.25) is 0 Å². The van der Waals surface area contributed by atoms with Gasteiger partial charge in [-0.25, -0.2) is 4.98 Å². The zero-order chi connectivity index (χ0) is 14.5. The van der Waals surface area contributed by atoms with Gasteiger partial charge in [-0.05, 0) is 41.0 Å². The average molecular weight is 414 g/mol. The summed E-state index contributed by atoms with van der Waals surface area (Å²) in [6.07, 6.45) is 4.48. The van der Waals surface area contributed by atoms with Crippen LogP contribution in [0.15, 0.2) is 36.5 Å². The van der Waals surface area contributed by atoms with Gasteiger partial charge < -0.3 is 4.74 Å². The normalized spacial score (nSPS) is 19.8. The summed E-state index contributed by atoms with van der Waals surface area (Å²) in [5.41, 5.74) is 1.40. The van der Waals surface area contributed by atoms with Gasteiger partial charge in [0.2, 0.25) is 0 Å². The molecule has 0 aliphatic carbocycles. The molecule has 1 atom stereocenters.